The van der Waals surface area contributed by atoms with Crippen LogP contribution in [-0.2, 0) is 22.6 Å². The predicted octanol–water partition coefficient (Wildman–Crippen LogP) is 2.73. The number of nitrogens with zero attached hydrogens (tertiary/aromatic N) is 1. The highest BCUT2D eigenvalue weighted by molar-refractivity contribution is 7.99. The zero-order chi connectivity index (χ0) is 21.4. The van der Waals surface area contributed by atoms with Crippen molar-refractivity contribution < 1.29 is 9.59 Å². The molecule has 3 fully saturated rings. The summed E-state index contributed by atoms with van der Waals surface area (Å²) in [6.07, 6.45) is 6.44. The third kappa shape index (κ3) is 4.78. The van der Waals surface area contributed by atoms with Gasteiger partial charge in [-0.1, -0.05) is 25.5 Å². The first-order valence-corrected chi connectivity index (χ1v) is 12.9. The van der Waals surface area contributed by atoms with E-state index in [4.69, 9.17) is 0 Å². The molecule has 1 aromatic rings. The van der Waals surface area contributed by atoms with Crippen LogP contribution in [0.15, 0.2) is 18.2 Å². The van der Waals surface area contributed by atoms with Gasteiger partial charge >= 0.3 is 0 Å². The first-order valence-electron chi connectivity index (χ1n) is 11.9. The smallest absolute Gasteiger partial charge is 0.228 e. The molecule has 31 heavy (non-hydrogen) atoms. The van der Waals surface area contributed by atoms with Crippen LogP contribution in [-0.4, -0.2) is 53.0 Å². The van der Waals surface area contributed by atoms with Gasteiger partial charge in [0.1, 0.15) is 0 Å². The van der Waals surface area contributed by atoms with E-state index in [9.17, 15) is 9.59 Å². The Hall–Kier alpha value is -1.57. The van der Waals surface area contributed by atoms with Crippen molar-refractivity contribution in [3.8, 4) is 0 Å². The van der Waals surface area contributed by atoms with Crippen molar-refractivity contribution in [3.63, 3.8) is 0 Å². The molecule has 4 aliphatic rings. The molecule has 6 nitrogen and oxygen atoms in total. The third-order valence-electron chi connectivity index (χ3n) is 7.51. The third-order valence-corrected chi connectivity index (χ3v) is 8.98. The van der Waals surface area contributed by atoms with Crippen molar-refractivity contribution in [1.29, 1.82) is 0 Å². The predicted molar refractivity (Wildman–Crippen MR) is 125 cm³/mol. The van der Waals surface area contributed by atoms with Crippen LogP contribution < -0.4 is 16.0 Å². The molecule has 1 saturated carbocycles. The van der Waals surface area contributed by atoms with Crippen LogP contribution in [0.2, 0.25) is 0 Å². The molecule has 3 N–H and O–H groups in total. The standard InChI is InChI=1S/C24H34N4O2S/c1-15-3-2-4-19-23(15)26-21(27-24(19)30)14-31-18-7-9-28(10-8-18)13-16-5-6-17-12-22(29)25-20(17)11-16/h5-6,11,15,18-19,21,23,26H,2-4,7-10,12-14H2,1H3,(H,25,29)(H,27,30). The van der Waals surface area contributed by atoms with Crippen LogP contribution in [0.25, 0.3) is 0 Å². The van der Waals surface area contributed by atoms with E-state index in [1.807, 2.05) is 11.8 Å². The van der Waals surface area contributed by atoms with Gasteiger partial charge in [0.15, 0.2) is 0 Å². The number of fused-ring (bicyclic) bond motifs is 2. The quantitative estimate of drug-likeness (QED) is 0.654. The first-order chi connectivity index (χ1) is 15.0. The molecule has 4 atom stereocenters. The molecule has 3 heterocycles. The fourth-order valence-electron chi connectivity index (χ4n) is 5.72. The fourth-order valence-corrected chi connectivity index (χ4v) is 6.91. The minimum absolute atomic E-state index is 0.0992. The van der Waals surface area contributed by atoms with Crippen molar-refractivity contribution in [1.82, 2.24) is 15.5 Å². The van der Waals surface area contributed by atoms with E-state index in [1.54, 1.807) is 0 Å². The summed E-state index contributed by atoms with van der Waals surface area (Å²) in [5.41, 5.74) is 3.38. The van der Waals surface area contributed by atoms with E-state index in [1.165, 1.54) is 31.2 Å². The maximum Gasteiger partial charge on any atom is 0.228 e. The fraction of sp³-hybridized carbons (Fsp3) is 0.667. The van der Waals surface area contributed by atoms with Crippen LogP contribution in [0, 0.1) is 11.8 Å². The molecule has 0 spiro atoms. The Morgan fingerprint density at radius 2 is 1.97 bits per heavy atom. The summed E-state index contributed by atoms with van der Waals surface area (Å²) >= 11 is 2.02. The molecule has 0 radical (unpaired) electrons. The Labute approximate surface area is 189 Å². The second kappa shape index (κ2) is 9.12. The first kappa shape index (κ1) is 21.3. The number of hydrogen-bond acceptors (Lipinski definition) is 5. The molecule has 2 amide bonds. The number of amides is 2. The van der Waals surface area contributed by atoms with E-state index in [-0.39, 0.29) is 23.9 Å². The van der Waals surface area contributed by atoms with Crippen LogP contribution in [0.1, 0.15) is 50.2 Å². The number of carbonyl (C=O) groups excluding carboxylic acids is 2. The lowest BCUT2D eigenvalue weighted by atomic mass is 9.76. The molecule has 0 bridgehead atoms. The number of carbonyl (C=O) groups is 2. The van der Waals surface area contributed by atoms with E-state index in [0.717, 1.165) is 43.1 Å². The van der Waals surface area contributed by atoms with Gasteiger partial charge in [-0.15, -0.1) is 0 Å². The second-order valence-electron chi connectivity index (χ2n) is 9.79. The molecule has 5 rings (SSSR count). The van der Waals surface area contributed by atoms with Crippen molar-refractivity contribution in [3.05, 3.63) is 29.3 Å². The normalized spacial score (nSPS) is 31.6. The molecule has 1 aromatic carbocycles. The molecule has 7 heteroatoms. The highest BCUT2D eigenvalue weighted by Crippen LogP contribution is 2.33. The number of thioether (sulfide) groups is 1. The molecular formula is C24H34N4O2S. The van der Waals surface area contributed by atoms with Gasteiger partial charge in [0.05, 0.1) is 18.5 Å². The summed E-state index contributed by atoms with van der Waals surface area (Å²) in [5, 5.41) is 10.6. The number of piperidine rings is 1. The topological polar surface area (TPSA) is 73.5 Å². The summed E-state index contributed by atoms with van der Waals surface area (Å²) in [6, 6.07) is 6.75. The van der Waals surface area contributed by atoms with Gasteiger partial charge in [-0.2, -0.15) is 11.8 Å². The Morgan fingerprint density at radius 3 is 2.81 bits per heavy atom. The van der Waals surface area contributed by atoms with Gasteiger partial charge in [0, 0.05) is 29.3 Å². The SMILES string of the molecule is CC1CCCC2C(=O)NC(CSC3CCN(Cc4ccc5c(c4)NC(=O)C5)CC3)NC12. The molecule has 168 valence electrons. The number of likely N-dealkylation sites (tertiary alicyclic amines) is 1. The van der Waals surface area contributed by atoms with E-state index < -0.39 is 0 Å². The van der Waals surface area contributed by atoms with Gasteiger partial charge in [0.25, 0.3) is 0 Å². The zero-order valence-electron chi connectivity index (χ0n) is 18.4. The largest absolute Gasteiger partial charge is 0.340 e. The monoisotopic (exact) mass is 442 g/mol. The van der Waals surface area contributed by atoms with Crippen LogP contribution in [0.5, 0.6) is 0 Å². The number of rotatable bonds is 5. The van der Waals surface area contributed by atoms with Crippen molar-refractivity contribution in [2.75, 3.05) is 24.2 Å². The van der Waals surface area contributed by atoms with Gasteiger partial charge in [-0.25, -0.2) is 0 Å². The maximum atomic E-state index is 12.6. The van der Waals surface area contributed by atoms with E-state index in [2.05, 4.69) is 46.0 Å². The Morgan fingerprint density at radius 1 is 1.13 bits per heavy atom. The molecule has 2 saturated heterocycles. The molecule has 4 unspecified atom stereocenters. The highest BCUT2D eigenvalue weighted by Gasteiger charge is 2.40. The second-order valence-corrected chi connectivity index (χ2v) is 11.1. The summed E-state index contributed by atoms with van der Waals surface area (Å²) in [4.78, 5) is 26.6. The molecule has 3 aliphatic heterocycles. The zero-order valence-corrected chi connectivity index (χ0v) is 19.2. The molecule has 0 aromatic heterocycles. The Bertz CT molecular complexity index is 839. The number of anilines is 1. The van der Waals surface area contributed by atoms with Gasteiger partial charge < -0.3 is 10.6 Å². The van der Waals surface area contributed by atoms with Gasteiger partial charge in [-0.05, 0) is 61.9 Å². The number of hydrogen-bond donors (Lipinski definition) is 3. The minimum Gasteiger partial charge on any atom is -0.340 e. The lowest BCUT2D eigenvalue weighted by Gasteiger charge is -2.43. The lowest BCUT2D eigenvalue weighted by Crippen LogP contribution is -2.65. The number of nitrogens with one attached hydrogen (secondary N) is 3. The van der Waals surface area contributed by atoms with E-state index in [0.29, 0.717) is 23.6 Å². The van der Waals surface area contributed by atoms with Crippen LogP contribution >= 0.6 is 11.8 Å². The van der Waals surface area contributed by atoms with Gasteiger partial charge in [-0.3, -0.25) is 19.8 Å². The number of benzene rings is 1. The van der Waals surface area contributed by atoms with Crippen molar-refractivity contribution in [2.24, 2.45) is 11.8 Å². The summed E-state index contributed by atoms with van der Waals surface area (Å²) in [5.74, 6) is 2.08. The average Bonchev–Trinajstić information content (AvgIpc) is 3.13. The van der Waals surface area contributed by atoms with Gasteiger partial charge in [0.2, 0.25) is 11.8 Å². The molecule has 1 aliphatic carbocycles. The van der Waals surface area contributed by atoms with Crippen molar-refractivity contribution in [2.45, 2.75) is 69.5 Å². The Kier molecular flexibility index (Phi) is 6.26. The summed E-state index contributed by atoms with van der Waals surface area (Å²) in [6.45, 7) is 5.44. The van der Waals surface area contributed by atoms with Crippen LogP contribution in [0.4, 0.5) is 5.69 Å². The summed E-state index contributed by atoms with van der Waals surface area (Å²) in [7, 11) is 0. The maximum absolute atomic E-state index is 12.6. The minimum atomic E-state index is 0.0992. The highest BCUT2D eigenvalue weighted by atomic mass is 32.2. The lowest BCUT2D eigenvalue weighted by molar-refractivity contribution is -0.131. The Balaban J connectivity index is 1.07. The summed E-state index contributed by atoms with van der Waals surface area (Å²) < 4.78 is 0. The molecular weight excluding hydrogens is 408 g/mol. The average molecular weight is 443 g/mol. The van der Waals surface area contributed by atoms with Crippen molar-refractivity contribution >= 4 is 29.3 Å². The van der Waals surface area contributed by atoms with Crippen LogP contribution in [0.3, 0.4) is 0 Å². The van der Waals surface area contributed by atoms with E-state index >= 15 is 0 Å².